The lowest BCUT2D eigenvalue weighted by atomic mass is 9.81. The van der Waals surface area contributed by atoms with Gasteiger partial charge in [0.15, 0.2) is 16.8 Å². The molecule has 0 saturated carbocycles. The summed E-state index contributed by atoms with van der Waals surface area (Å²) >= 11 is 0. The smallest absolute Gasteiger partial charge is 0.175 e. The standard InChI is InChI=1S/C25H36O4P2/c1-7-26-30(27-8-2)17-19-11-13-21-22-14-12-20(18-31(28-9-3)29-10-4)16-24(22)25(5,6)23(21)15-19/h11-16H,7-10,17-18H2,1-6H3. The van der Waals surface area contributed by atoms with Crippen LogP contribution in [0.15, 0.2) is 36.4 Å². The number of fused-ring (bicyclic) bond motifs is 3. The molecule has 0 aliphatic heterocycles. The third-order valence-corrected chi connectivity index (χ3v) is 8.95. The van der Waals surface area contributed by atoms with Crippen molar-refractivity contribution in [2.24, 2.45) is 0 Å². The van der Waals surface area contributed by atoms with Crippen LogP contribution in [0.4, 0.5) is 0 Å². The zero-order valence-electron chi connectivity index (χ0n) is 19.7. The van der Waals surface area contributed by atoms with E-state index in [9.17, 15) is 0 Å². The van der Waals surface area contributed by atoms with Crippen LogP contribution in [-0.4, -0.2) is 26.4 Å². The molecule has 2 aromatic carbocycles. The van der Waals surface area contributed by atoms with Crippen molar-refractivity contribution in [1.29, 1.82) is 0 Å². The predicted molar refractivity (Wildman–Crippen MR) is 132 cm³/mol. The summed E-state index contributed by atoms with van der Waals surface area (Å²) in [5.74, 6) is 0. The van der Waals surface area contributed by atoms with E-state index in [-0.39, 0.29) is 5.41 Å². The lowest BCUT2D eigenvalue weighted by molar-refractivity contribution is 0.268. The normalized spacial score (nSPS) is 14.3. The minimum Gasteiger partial charge on any atom is -0.334 e. The van der Waals surface area contributed by atoms with Crippen molar-refractivity contribution in [2.45, 2.75) is 59.3 Å². The third kappa shape index (κ3) is 5.74. The Morgan fingerprint density at radius 1 is 0.613 bits per heavy atom. The van der Waals surface area contributed by atoms with E-state index in [1.54, 1.807) is 0 Å². The Hall–Kier alpha value is -0.860. The maximum absolute atomic E-state index is 5.83. The Morgan fingerprint density at radius 2 is 0.968 bits per heavy atom. The molecular formula is C25H36O4P2. The van der Waals surface area contributed by atoms with Crippen molar-refractivity contribution >= 4 is 16.8 Å². The van der Waals surface area contributed by atoms with Crippen molar-refractivity contribution < 1.29 is 18.1 Å². The topological polar surface area (TPSA) is 36.9 Å². The molecule has 4 nitrogen and oxygen atoms in total. The molecule has 31 heavy (non-hydrogen) atoms. The molecule has 170 valence electrons. The Bertz CT molecular complexity index is 787. The predicted octanol–water partition coefficient (Wildman–Crippen LogP) is 7.76. The summed E-state index contributed by atoms with van der Waals surface area (Å²) in [6.45, 7) is 15.5. The van der Waals surface area contributed by atoms with Gasteiger partial charge in [0, 0.05) is 17.7 Å². The van der Waals surface area contributed by atoms with Crippen molar-refractivity contribution in [3.05, 3.63) is 58.7 Å². The molecule has 0 heterocycles. The minimum absolute atomic E-state index is 0.0450. The lowest BCUT2D eigenvalue weighted by Crippen LogP contribution is -2.15. The first-order chi connectivity index (χ1) is 14.9. The summed E-state index contributed by atoms with van der Waals surface area (Å²) in [6.07, 6.45) is 1.66. The van der Waals surface area contributed by atoms with E-state index in [4.69, 9.17) is 18.1 Å². The second-order valence-corrected chi connectivity index (χ2v) is 11.0. The molecule has 0 N–H and O–H groups in total. The average Bonchev–Trinajstić information content (AvgIpc) is 2.95. The molecule has 6 heteroatoms. The highest BCUT2D eigenvalue weighted by molar-refractivity contribution is 7.46. The molecule has 0 bridgehead atoms. The molecule has 0 spiro atoms. The first-order valence-corrected chi connectivity index (χ1v) is 14.0. The van der Waals surface area contributed by atoms with E-state index in [1.807, 2.05) is 27.7 Å². The first-order valence-electron chi connectivity index (χ1n) is 11.3. The van der Waals surface area contributed by atoms with Gasteiger partial charge in [-0.1, -0.05) is 50.2 Å². The molecule has 2 aromatic rings. The van der Waals surface area contributed by atoms with E-state index in [0.717, 1.165) is 12.3 Å². The van der Waals surface area contributed by atoms with Gasteiger partial charge in [0.05, 0.1) is 26.4 Å². The van der Waals surface area contributed by atoms with Gasteiger partial charge in [0.25, 0.3) is 0 Å². The monoisotopic (exact) mass is 462 g/mol. The molecule has 0 radical (unpaired) electrons. The summed E-state index contributed by atoms with van der Waals surface area (Å²) in [5, 5.41) is 0. The molecule has 0 fully saturated rings. The third-order valence-electron chi connectivity index (χ3n) is 5.52. The zero-order valence-corrected chi connectivity index (χ0v) is 21.5. The van der Waals surface area contributed by atoms with E-state index < -0.39 is 16.8 Å². The van der Waals surface area contributed by atoms with Crippen LogP contribution < -0.4 is 0 Å². The largest absolute Gasteiger partial charge is 0.334 e. The van der Waals surface area contributed by atoms with Crippen LogP contribution in [0.2, 0.25) is 0 Å². The van der Waals surface area contributed by atoms with Crippen LogP contribution in [0.3, 0.4) is 0 Å². The minimum atomic E-state index is -0.882. The van der Waals surface area contributed by atoms with Gasteiger partial charge in [-0.05, 0) is 61.1 Å². The molecule has 1 aliphatic rings. The SMILES string of the molecule is CCOP(Cc1ccc2c(c1)C(C)(C)c1cc(CP(OCC)OCC)ccc1-2)OCC. The van der Waals surface area contributed by atoms with Crippen molar-refractivity contribution in [3.8, 4) is 11.1 Å². The van der Waals surface area contributed by atoms with Gasteiger partial charge in [0.1, 0.15) is 0 Å². The van der Waals surface area contributed by atoms with E-state index >= 15 is 0 Å². The summed E-state index contributed by atoms with van der Waals surface area (Å²) in [4.78, 5) is 0. The quantitative estimate of drug-likeness (QED) is 0.302. The van der Waals surface area contributed by atoms with Gasteiger partial charge in [-0.15, -0.1) is 0 Å². The molecule has 0 unspecified atom stereocenters. The number of benzene rings is 2. The van der Waals surface area contributed by atoms with E-state index in [1.165, 1.54) is 33.4 Å². The summed E-state index contributed by atoms with van der Waals surface area (Å²) < 4.78 is 23.3. The van der Waals surface area contributed by atoms with E-state index in [2.05, 4.69) is 50.2 Å². The number of rotatable bonds is 12. The second kappa shape index (κ2) is 11.3. The van der Waals surface area contributed by atoms with Crippen LogP contribution in [0, 0.1) is 0 Å². The molecule has 1 aliphatic carbocycles. The molecule has 0 aromatic heterocycles. The van der Waals surface area contributed by atoms with Gasteiger partial charge >= 0.3 is 0 Å². The Labute approximate surface area is 190 Å². The molecule has 3 rings (SSSR count). The van der Waals surface area contributed by atoms with Gasteiger partial charge in [-0.3, -0.25) is 0 Å². The van der Waals surface area contributed by atoms with Gasteiger partial charge in [-0.2, -0.15) is 0 Å². The maximum atomic E-state index is 5.83. The Kier molecular flexibility index (Phi) is 9.05. The maximum Gasteiger partial charge on any atom is 0.175 e. The lowest BCUT2D eigenvalue weighted by Gasteiger charge is -2.23. The number of hydrogen-bond acceptors (Lipinski definition) is 4. The zero-order chi connectivity index (χ0) is 22.4. The van der Waals surface area contributed by atoms with Crippen LogP contribution in [0.1, 0.15) is 63.8 Å². The Balaban J connectivity index is 1.86. The van der Waals surface area contributed by atoms with E-state index in [0.29, 0.717) is 26.4 Å². The molecular weight excluding hydrogens is 426 g/mol. The van der Waals surface area contributed by atoms with Crippen LogP contribution in [0.5, 0.6) is 0 Å². The molecule has 0 amide bonds. The highest BCUT2D eigenvalue weighted by Gasteiger charge is 2.36. The van der Waals surface area contributed by atoms with Crippen LogP contribution in [-0.2, 0) is 35.8 Å². The fourth-order valence-corrected chi connectivity index (χ4v) is 6.82. The second-order valence-electron chi connectivity index (χ2n) is 8.04. The first kappa shape index (κ1) is 24.8. The van der Waals surface area contributed by atoms with Crippen molar-refractivity contribution in [1.82, 2.24) is 0 Å². The highest BCUT2D eigenvalue weighted by atomic mass is 31.2. The average molecular weight is 463 g/mol. The van der Waals surface area contributed by atoms with Crippen molar-refractivity contribution in [3.63, 3.8) is 0 Å². The fraction of sp³-hybridized carbons (Fsp3) is 0.520. The van der Waals surface area contributed by atoms with Gasteiger partial charge < -0.3 is 18.1 Å². The summed E-state index contributed by atoms with van der Waals surface area (Å²) in [5.41, 5.74) is 7.96. The Morgan fingerprint density at radius 3 is 1.29 bits per heavy atom. The molecule has 0 atom stereocenters. The fourth-order valence-electron chi connectivity index (χ4n) is 4.16. The summed E-state index contributed by atoms with van der Waals surface area (Å²) in [7, 11) is -1.76. The van der Waals surface area contributed by atoms with Crippen molar-refractivity contribution in [2.75, 3.05) is 26.4 Å². The highest BCUT2D eigenvalue weighted by Crippen LogP contribution is 2.51. The van der Waals surface area contributed by atoms with Gasteiger partial charge in [-0.25, -0.2) is 0 Å². The van der Waals surface area contributed by atoms with Gasteiger partial charge in [0.2, 0.25) is 0 Å². The number of hydrogen-bond donors (Lipinski definition) is 0. The summed E-state index contributed by atoms with van der Waals surface area (Å²) in [6, 6.07) is 13.7. The molecule has 0 saturated heterocycles. The van der Waals surface area contributed by atoms with Crippen LogP contribution in [0.25, 0.3) is 11.1 Å². The van der Waals surface area contributed by atoms with Crippen LogP contribution >= 0.6 is 16.8 Å².